The molecule has 8 heteroatoms. The summed E-state index contributed by atoms with van der Waals surface area (Å²) in [6.07, 6.45) is 1.89. The topological polar surface area (TPSA) is 109 Å². The lowest BCUT2D eigenvalue weighted by atomic mass is 9.84. The third-order valence-corrected chi connectivity index (χ3v) is 5.92. The first-order valence-corrected chi connectivity index (χ1v) is 10.7. The Morgan fingerprint density at radius 1 is 1.31 bits per heavy atom. The van der Waals surface area contributed by atoms with Crippen LogP contribution >= 0.6 is 0 Å². The summed E-state index contributed by atoms with van der Waals surface area (Å²) in [5.41, 5.74) is 7.90. The van der Waals surface area contributed by atoms with E-state index in [0.29, 0.717) is 48.1 Å². The number of methoxy groups -OCH3 is 1. The quantitative estimate of drug-likeness (QED) is 0.740. The molecule has 1 fully saturated rings. The van der Waals surface area contributed by atoms with Gasteiger partial charge in [-0.2, -0.15) is 5.26 Å². The number of rotatable bonds is 6. The van der Waals surface area contributed by atoms with Crippen LogP contribution in [0.4, 0.5) is 0 Å². The van der Waals surface area contributed by atoms with Crippen LogP contribution in [0.3, 0.4) is 0 Å². The molecule has 0 spiro atoms. The number of nitriles is 1. The molecule has 4 rings (SSSR count). The smallest absolute Gasteiger partial charge is 0.258 e. The number of nitrogens with zero attached hydrogens (tertiary/aromatic N) is 2. The fourth-order valence-corrected chi connectivity index (χ4v) is 4.38. The monoisotopic (exact) mass is 437 g/mol. The van der Waals surface area contributed by atoms with Crippen LogP contribution in [0.2, 0.25) is 0 Å². The molecule has 168 valence electrons. The number of benzene rings is 1. The van der Waals surface area contributed by atoms with Gasteiger partial charge in [0, 0.05) is 18.4 Å². The van der Waals surface area contributed by atoms with Crippen LogP contribution in [0, 0.1) is 18.3 Å². The third-order valence-electron chi connectivity index (χ3n) is 5.92. The van der Waals surface area contributed by atoms with E-state index < -0.39 is 5.92 Å². The van der Waals surface area contributed by atoms with Gasteiger partial charge in [0.15, 0.2) is 11.5 Å². The first-order valence-electron chi connectivity index (χ1n) is 10.7. The van der Waals surface area contributed by atoms with Crippen LogP contribution in [0.5, 0.6) is 17.2 Å². The highest BCUT2D eigenvalue weighted by Gasteiger charge is 2.35. The van der Waals surface area contributed by atoms with Crippen molar-refractivity contribution >= 4 is 0 Å². The average molecular weight is 437 g/mol. The molecule has 32 heavy (non-hydrogen) atoms. The number of aryl methyl sites for hydroxylation is 1. The number of aromatic nitrogens is 1. The van der Waals surface area contributed by atoms with E-state index in [4.69, 9.17) is 24.7 Å². The molecule has 2 aliphatic rings. The van der Waals surface area contributed by atoms with Crippen molar-refractivity contribution in [3.8, 4) is 23.3 Å². The van der Waals surface area contributed by atoms with Crippen molar-refractivity contribution < 1.29 is 18.9 Å². The number of fused-ring (bicyclic) bond motifs is 1. The van der Waals surface area contributed by atoms with Crippen LogP contribution < -0.4 is 25.5 Å². The lowest BCUT2D eigenvalue weighted by Gasteiger charge is -2.28. The summed E-state index contributed by atoms with van der Waals surface area (Å²) in [6, 6.07) is 9.31. The second kappa shape index (κ2) is 8.97. The molecular weight excluding hydrogens is 410 g/mol. The summed E-state index contributed by atoms with van der Waals surface area (Å²) in [5, 5.41) is 9.88. The van der Waals surface area contributed by atoms with Crippen molar-refractivity contribution in [1.29, 1.82) is 5.26 Å². The van der Waals surface area contributed by atoms with Gasteiger partial charge in [0.05, 0.1) is 37.8 Å². The maximum Gasteiger partial charge on any atom is 0.258 e. The molecule has 0 bridgehead atoms. The van der Waals surface area contributed by atoms with E-state index in [-0.39, 0.29) is 23.1 Å². The van der Waals surface area contributed by atoms with Gasteiger partial charge in [-0.25, -0.2) is 0 Å². The minimum Gasteiger partial charge on any atom is -0.493 e. The summed E-state index contributed by atoms with van der Waals surface area (Å²) >= 11 is 0. The summed E-state index contributed by atoms with van der Waals surface area (Å²) < 4.78 is 24.3. The fourth-order valence-electron chi connectivity index (χ4n) is 4.38. The highest BCUT2D eigenvalue weighted by atomic mass is 16.5. The molecule has 0 aliphatic carbocycles. The summed E-state index contributed by atoms with van der Waals surface area (Å²) in [4.78, 5) is 13.7. The van der Waals surface area contributed by atoms with Crippen molar-refractivity contribution in [2.75, 3.05) is 20.3 Å². The Bertz CT molecular complexity index is 1160. The van der Waals surface area contributed by atoms with Gasteiger partial charge in [0.1, 0.15) is 17.4 Å². The number of ether oxygens (including phenoxy) is 4. The van der Waals surface area contributed by atoms with Crippen molar-refractivity contribution in [2.45, 2.75) is 45.3 Å². The van der Waals surface area contributed by atoms with E-state index >= 15 is 0 Å². The van der Waals surface area contributed by atoms with Gasteiger partial charge >= 0.3 is 0 Å². The molecular formula is C24H27N3O5. The Kier molecular flexibility index (Phi) is 6.10. The van der Waals surface area contributed by atoms with Gasteiger partial charge in [-0.1, -0.05) is 6.07 Å². The number of nitrogens with two attached hydrogens (primary N) is 1. The van der Waals surface area contributed by atoms with Crippen LogP contribution in [0.25, 0.3) is 0 Å². The van der Waals surface area contributed by atoms with Crippen molar-refractivity contribution in [3.05, 3.63) is 62.9 Å². The van der Waals surface area contributed by atoms with E-state index in [1.54, 1.807) is 29.9 Å². The number of allylic oxidation sites excluding steroid dienone is 1. The predicted molar refractivity (Wildman–Crippen MR) is 118 cm³/mol. The zero-order valence-corrected chi connectivity index (χ0v) is 18.5. The largest absolute Gasteiger partial charge is 0.493 e. The molecule has 2 N–H and O–H groups in total. The Morgan fingerprint density at radius 2 is 2.12 bits per heavy atom. The summed E-state index contributed by atoms with van der Waals surface area (Å²) in [7, 11) is 1.55. The van der Waals surface area contributed by atoms with E-state index in [9.17, 15) is 10.1 Å². The number of hydrogen-bond acceptors (Lipinski definition) is 7. The third kappa shape index (κ3) is 3.80. The van der Waals surface area contributed by atoms with Crippen LogP contribution in [-0.4, -0.2) is 31.0 Å². The highest BCUT2D eigenvalue weighted by molar-refractivity contribution is 5.57. The first kappa shape index (κ1) is 21.8. The molecule has 0 amide bonds. The zero-order valence-electron chi connectivity index (χ0n) is 18.5. The number of pyridine rings is 1. The molecule has 2 unspecified atom stereocenters. The van der Waals surface area contributed by atoms with Gasteiger partial charge < -0.3 is 29.2 Å². The standard InChI is InChI=1S/C24H27N3O5/c1-4-30-18-8-7-15(11-19(18)29-3)21-17(12-25)23(26)32-20-10-14(2)27(24(28)22(20)21)13-16-6-5-9-31-16/h7-8,10-11,16,21H,4-6,9,13,26H2,1-3H3. The summed E-state index contributed by atoms with van der Waals surface area (Å²) in [6.45, 7) is 5.39. The van der Waals surface area contributed by atoms with E-state index in [0.717, 1.165) is 18.5 Å². The van der Waals surface area contributed by atoms with E-state index in [1.807, 2.05) is 19.9 Å². The normalized spacial score (nSPS) is 19.8. The molecule has 2 aliphatic heterocycles. The second-order valence-electron chi connectivity index (χ2n) is 7.88. The maximum absolute atomic E-state index is 13.7. The Morgan fingerprint density at radius 3 is 2.78 bits per heavy atom. The zero-order chi connectivity index (χ0) is 22.8. The molecule has 8 nitrogen and oxygen atoms in total. The van der Waals surface area contributed by atoms with Gasteiger partial charge in [-0.05, 0) is 44.4 Å². The summed E-state index contributed by atoms with van der Waals surface area (Å²) in [5.74, 6) is 0.775. The molecule has 0 radical (unpaired) electrons. The lowest BCUT2D eigenvalue weighted by molar-refractivity contribution is 0.0955. The van der Waals surface area contributed by atoms with Gasteiger partial charge in [0.25, 0.3) is 5.56 Å². The van der Waals surface area contributed by atoms with Crippen LogP contribution in [0.15, 0.2) is 40.5 Å². The van der Waals surface area contributed by atoms with Crippen molar-refractivity contribution in [2.24, 2.45) is 5.73 Å². The SMILES string of the molecule is CCOc1ccc(C2C(C#N)=C(N)Oc3cc(C)n(CC4CCCO4)c(=O)c32)cc1OC. The van der Waals surface area contributed by atoms with Crippen molar-refractivity contribution in [3.63, 3.8) is 0 Å². The Labute approximate surface area is 186 Å². The molecule has 0 saturated carbocycles. The molecule has 3 heterocycles. The minimum absolute atomic E-state index is 0.00553. The van der Waals surface area contributed by atoms with Gasteiger partial charge in [-0.15, -0.1) is 0 Å². The van der Waals surface area contributed by atoms with E-state index in [2.05, 4.69) is 6.07 Å². The molecule has 1 saturated heterocycles. The van der Waals surface area contributed by atoms with Crippen LogP contribution in [0.1, 0.15) is 42.5 Å². The molecule has 2 atom stereocenters. The van der Waals surface area contributed by atoms with Gasteiger partial charge in [-0.3, -0.25) is 4.79 Å². The lowest BCUT2D eigenvalue weighted by Crippen LogP contribution is -2.35. The number of hydrogen-bond donors (Lipinski definition) is 1. The molecule has 1 aromatic heterocycles. The maximum atomic E-state index is 13.7. The van der Waals surface area contributed by atoms with Crippen molar-refractivity contribution in [1.82, 2.24) is 4.57 Å². The van der Waals surface area contributed by atoms with Crippen LogP contribution in [-0.2, 0) is 11.3 Å². The molecule has 2 aromatic rings. The highest BCUT2D eigenvalue weighted by Crippen LogP contribution is 2.42. The minimum atomic E-state index is -0.683. The Hall–Kier alpha value is -3.44. The Balaban J connectivity index is 1.88. The molecule has 1 aromatic carbocycles. The average Bonchev–Trinajstić information content (AvgIpc) is 3.29. The second-order valence-corrected chi connectivity index (χ2v) is 7.88. The first-order chi connectivity index (χ1) is 15.5. The fraction of sp³-hybridized carbons (Fsp3) is 0.417. The predicted octanol–water partition coefficient (Wildman–Crippen LogP) is 2.96. The van der Waals surface area contributed by atoms with E-state index in [1.165, 1.54) is 0 Å². The van der Waals surface area contributed by atoms with Gasteiger partial charge in [0.2, 0.25) is 5.88 Å².